The molecule has 0 spiro atoms. The first-order valence-corrected chi connectivity index (χ1v) is 13.0. The van der Waals surface area contributed by atoms with E-state index in [0.29, 0.717) is 12.0 Å². The molecule has 4 atom stereocenters. The molecular weight excluding hydrogens is 440 g/mol. The van der Waals surface area contributed by atoms with E-state index >= 15 is 0 Å². The van der Waals surface area contributed by atoms with Crippen molar-refractivity contribution in [1.29, 1.82) is 0 Å². The van der Waals surface area contributed by atoms with Crippen molar-refractivity contribution in [2.45, 2.75) is 43.8 Å². The van der Waals surface area contributed by atoms with Crippen LogP contribution < -0.4 is 10.1 Å². The van der Waals surface area contributed by atoms with Crippen LogP contribution in [0.15, 0.2) is 46.9 Å². The van der Waals surface area contributed by atoms with Crippen LogP contribution in [-0.2, 0) is 4.79 Å². The molecule has 2 heterocycles. The van der Waals surface area contributed by atoms with E-state index in [1.165, 1.54) is 37.4 Å². The zero-order valence-corrected chi connectivity index (χ0v) is 20.0. The molecule has 0 saturated heterocycles. The highest BCUT2D eigenvalue weighted by Crippen LogP contribution is 2.53. The molecule has 2 aliphatic rings. The number of hydrogen-bond acceptors (Lipinski definition) is 6. The van der Waals surface area contributed by atoms with Gasteiger partial charge in [-0.05, 0) is 67.5 Å². The lowest BCUT2D eigenvalue weighted by molar-refractivity contribution is -0.113. The fourth-order valence-electron chi connectivity index (χ4n) is 5.42. The van der Waals surface area contributed by atoms with Gasteiger partial charge in [-0.3, -0.25) is 9.36 Å². The number of hydrogen-bond donors (Lipinski definition) is 1. The molecule has 1 N–H and O–H groups in total. The third-order valence-electron chi connectivity index (χ3n) is 6.91. The van der Waals surface area contributed by atoms with E-state index in [2.05, 4.69) is 44.5 Å². The Bertz CT molecular complexity index is 1080. The average molecular weight is 469 g/mol. The molecule has 1 amide bonds. The van der Waals surface area contributed by atoms with E-state index in [1.807, 2.05) is 24.3 Å². The summed E-state index contributed by atoms with van der Waals surface area (Å²) >= 11 is 3.15. The topological polar surface area (TPSA) is 69.0 Å². The molecule has 168 valence electrons. The number of thioether (sulfide) groups is 1. The van der Waals surface area contributed by atoms with Crippen molar-refractivity contribution in [2.24, 2.45) is 17.8 Å². The summed E-state index contributed by atoms with van der Waals surface area (Å²) in [5, 5.41) is 14.9. The van der Waals surface area contributed by atoms with Gasteiger partial charge in [0, 0.05) is 17.8 Å². The fraction of sp³-hybridized carbons (Fsp3) is 0.458. The predicted octanol–water partition coefficient (Wildman–Crippen LogP) is 5.74. The van der Waals surface area contributed by atoms with Crippen molar-refractivity contribution < 1.29 is 9.53 Å². The van der Waals surface area contributed by atoms with Crippen molar-refractivity contribution in [3.8, 4) is 16.5 Å². The maximum Gasteiger partial charge on any atom is 0.234 e. The number of fused-ring (bicyclic) bond motifs is 2. The van der Waals surface area contributed by atoms with Crippen LogP contribution in [0.3, 0.4) is 0 Å². The Balaban J connectivity index is 1.33. The minimum atomic E-state index is -0.0666. The first-order valence-electron chi connectivity index (χ1n) is 11.2. The summed E-state index contributed by atoms with van der Waals surface area (Å²) in [4.78, 5) is 13.8. The van der Waals surface area contributed by atoms with Crippen molar-refractivity contribution in [2.75, 3.05) is 18.2 Å². The lowest BCUT2D eigenvalue weighted by atomic mass is 9.84. The number of ether oxygens (including phenoxy) is 1. The molecule has 2 aliphatic carbocycles. The van der Waals surface area contributed by atoms with Gasteiger partial charge >= 0.3 is 0 Å². The number of methoxy groups -OCH3 is 1. The van der Waals surface area contributed by atoms with Gasteiger partial charge in [-0.2, -0.15) is 0 Å². The highest BCUT2D eigenvalue weighted by molar-refractivity contribution is 7.99. The van der Waals surface area contributed by atoms with Gasteiger partial charge in [-0.15, -0.1) is 21.5 Å². The van der Waals surface area contributed by atoms with Crippen LogP contribution in [0, 0.1) is 17.8 Å². The average Bonchev–Trinajstić information content (AvgIpc) is 3.61. The molecule has 2 saturated carbocycles. The Morgan fingerprint density at radius 1 is 1.28 bits per heavy atom. The Morgan fingerprint density at radius 2 is 2.19 bits per heavy atom. The molecule has 32 heavy (non-hydrogen) atoms. The van der Waals surface area contributed by atoms with Crippen LogP contribution in [0.4, 0.5) is 5.69 Å². The zero-order chi connectivity index (χ0) is 22.1. The van der Waals surface area contributed by atoms with E-state index in [1.54, 1.807) is 18.4 Å². The lowest BCUT2D eigenvalue weighted by Crippen LogP contribution is -2.23. The zero-order valence-electron chi connectivity index (χ0n) is 18.4. The maximum absolute atomic E-state index is 12.6. The van der Waals surface area contributed by atoms with Gasteiger partial charge in [-0.1, -0.05) is 30.3 Å². The van der Waals surface area contributed by atoms with Gasteiger partial charge in [0.2, 0.25) is 5.91 Å². The molecular formula is C24H28N4O2S2. The highest BCUT2D eigenvalue weighted by atomic mass is 32.2. The van der Waals surface area contributed by atoms with Crippen molar-refractivity contribution in [3.05, 3.63) is 41.8 Å². The molecule has 6 nitrogen and oxygen atoms in total. The van der Waals surface area contributed by atoms with E-state index in [-0.39, 0.29) is 11.7 Å². The van der Waals surface area contributed by atoms with Crippen LogP contribution >= 0.6 is 23.1 Å². The summed E-state index contributed by atoms with van der Waals surface area (Å²) in [7, 11) is 1.62. The minimum Gasteiger partial charge on any atom is -0.497 e. The van der Waals surface area contributed by atoms with E-state index in [4.69, 9.17) is 4.74 Å². The van der Waals surface area contributed by atoms with Crippen molar-refractivity contribution in [1.82, 2.24) is 14.8 Å². The largest absolute Gasteiger partial charge is 0.497 e. The minimum absolute atomic E-state index is 0.0666. The van der Waals surface area contributed by atoms with Crippen LogP contribution in [0.5, 0.6) is 5.75 Å². The Kier molecular flexibility index (Phi) is 6.24. The number of nitrogens with one attached hydrogen (secondary N) is 1. The smallest absolute Gasteiger partial charge is 0.234 e. The van der Waals surface area contributed by atoms with Crippen LogP contribution in [0.25, 0.3) is 10.7 Å². The molecule has 0 aliphatic heterocycles. The number of carbonyl (C=O) groups is 1. The highest BCUT2D eigenvalue weighted by Gasteiger charge is 2.43. The number of carbonyl (C=O) groups excluding carboxylic acids is 1. The molecule has 2 aromatic heterocycles. The van der Waals surface area contributed by atoms with Gasteiger partial charge in [-0.25, -0.2) is 0 Å². The molecule has 2 bridgehead atoms. The van der Waals surface area contributed by atoms with Crippen LogP contribution in [0.1, 0.15) is 38.6 Å². The SMILES string of the molecule is COc1cccc(NC(=O)CSc2nnc(-c3cccs3)n2C(C)C2CC3CCC2C3)c1. The molecule has 3 aromatic rings. The Morgan fingerprint density at radius 3 is 2.91 bits per heavy atom. The standard InChI is InChI=1S/C24H28N4O2S2/c1-15(20-12-16-8-9-17(20)11-16)28-23(21-7-4-10-31-21)26-27-24(28)32-14-22(29)25-18-5-3-6-19(13-18)30-2/h3-7,10,13,15-17,20H,8-9,11-12,14H2,1-2H3,(H,25,29). The maximum atomic E-state index is 12.6. The van der Waals surface area contributed by atoms with Gasteiger partial charge in [0.25, 0.3) is 0 Å². The Labute approximate surface area is 196 Å². The summed E-state index contributed by atoms with van der Waals surface area (Å²) in [5.41, 5.74) is 0.728. The van der Waals surface area contributed by atoms with Gasteiger partial charge in [0.15, 0.2) is 11.0 Å². The van der Waals surface area contributed by atoms with Crippen molar-refractivity contribution >= 4 is 34.7 Å². The molecule has 1 aromatic carbocycles. The first-order chi connectivity index (χ1) is 15.6. The number of thiophene rings is 1. The molecule has 8 heteroatoms. The number of benzene rings is 1. The van der Waals surface area contributed by atoms with E-state index in [9.17, 15) is 4.79 Å². The van der Waals surface area contributed by atoms with E-state index in [0.717, 1.165) is 39.1 Å². The summed E-state index contributed by atoms with van der Waals surface area (Å²) in [6.45, 7) is 2.31. The summed E-state index contributed by atoms with van der Waals surface area (Å²) in [5.74, 6) is 4.21. The van der Waals surface area contributed by atoms with E-state index < -0.39 is 0 Å². The van der Waals surface area contributed by atoms with Crippen LogP contribution in [-0.4, -0.2) is 33.5 Å². The Hall–Kier alpha value is -2.32. The number of nitrogens with zero attached hydrogens (tertiary/aromatic N) is 3. The number of aromatic nitrogens is 3. The second-order valence-corrected chi connectivity index (χ2v) is 10.7. The predicted molar refractivity (Wildman–Crippen MR) is 129 cm³/mol. The summed E-state index contributed by atoms with van der Waals surface area (Å²) in [6.07, 6.45) is 5.41. The second-order valence-electron chi connectivity index (χ2n) is 8.80. The first kappa shape index (κ1) is 21.5. The summed E-state index contributed by atoms with van der Waals surface area (Å²) < 4.78 is 7.53. The third-order valence-corrected chi connectivity index (χ3v) is 8.72. The van der Waals surface area contributed by atoms with Gasteiger partial charge in [0.1, 0.15) is 5.75 Å². The third kappa shape index (κ3) is 4.30. The monoisotopic (exact) mass is 468 g/mol. The number of anilines is 1. The normalized spacial score (nSPS) is 22.8. The molecule has 0 radical (unpaired) electrons. The molecule has 4 unspecified atom stereocenters. The van der Waals surface area contributed by atoms with Crippen molar-refractivity contribution in [3.63, 3.8) is 0 Å². The van der Waals surface area contributed by atoms with Gasteiger partial charge in [0.05, 0.1) is 17.7 Å². The lowest BCUT2D eigenvalue weighted by Gasteiger charge is -2.30. The number of amides is 1. The van der Waals surface area contributed by atoms with Gasteiger partial charge < -0.3 is 10.1 Å². The molecule has 2 fully saturated rings. The quantitative estimate of drug-likeness (QED) is 0.427. The van der Waals surface area contributed by atoms with Crippen LogP contribution in [0.2, 0.25) is 0 Å². The fourth-order valence-corrected chi connectivity index (χ4v) is 6.95. The second kappa shape index (κ2) is 9.27. The number of rotatable bonds is 8. The summed E-state index contributed by atoms with van der Waals surface area (Å²) in [6, 6.07) is 11.9. The molecule has 5 rings (SSSR count).